The molecule has 0 saturated heterocycles. The highest BCUT2D eigenvalue weighted by molar-refractivity contribution is 8.00. The lowest BCUT2D eigenvalue weighted by Gasteiger charge is -2.12. The number of hydrogen-bond acceptors (Lipinski definition) is 5. The topological polar surface area (TPSA) is 69.3 Å². The van der Waals surface area contributed by atoms with E-state index >= 15 is 0 Å². The van der Waals surface area contributed by atoms with Crippen molar-refractivity contribution in [2.75, 3.05) is 0 Å². The second-order valence-corrected chi connectivity index (χ2v) is 8.47. The number of ketones is 1. The first-order valence-corrected chi connectivity index (χ1v) is 10.6. The van der Waals surface area contributed by atoms with Crippen LogP contribution in [0.1, 0.15) is 30.6 Å². The van der Waals surface area contributed by atoms with Gasteiger partial charge in [0.1, 0.15) is 0 Å². The van der Waals surface area contributed by atoms with Crippen LogP contribution >= 0.6 is 23.4 Å². The molecule has 2 heterocycles. The van der Waals surface area contributed by atoms with Crippen molar-refractivity contribution in [3.05, 3.63) is 69.5 Å². The highest BCUT2D eigenvalue weighted by Gasteiger charge is 2.22. The van der Waals surface area contributed by atoms with Crippen LogP contribution in [-0.4, -0.2) is 30.2 Å². The Morgan fingerprint density at radius 2 is 1.86 bits per heavy atom. The molecule has 4 rings (SSSR count). The Balaban J connectivity index is 1.79. The van der Waals surface area contributed by atoms with E-state index in [-0.39, 0.29) is 16.6 Å². The normalized spacial score (nSPS) is 12.5. The van der Waals surface area contributed by atoms with E-state index in [4.69, 9.17) is 11.6 Å². The van der Waals surface area contributed by atoms with Gasteiger partial charge in [0.25, 0.3) is 5.56 Å². The predicted octanol–water partition coefficient (Wildman–Crippen LogP) is 4.47. The monoisotopic (exact) mass is 426 g/mol. The van der Waals surface area contributed by atoms with Crippen molar-refractivity contribution in [3.8, 4) is 0 Å². The minimum atomic E-state index is -0.381. The summed E-state index contributed by atoms with van der Waals surface area (Å²) in [5.41, 5.74) is 1.25. The highest BCUT2D eigenvalue weighted by Crippen LogP contribution is 2.27. The maximum Gasteiger partial charge on any atom is 0.262 e. The number of carbonyl (C=O) groups is 1. The van der Waals surface area contributed by atoms with Crippen molar-refractivity contribution in [2.24, 2.45) is 0 Å². The van der Waals surface area contributed by atoms with E-state index in [0.717, 1.165) is 11.9 Å². The molecule has 2 aromatic carbocycles. The Labute approximate surface area is 176 Å². The summed E-state index contributed by atoms with van der Waals surface area (Å²) in [6.45, 7) is 4.40. The highest BCUT2D eigenvalue weighted by atomic mass is 35.5. The van der Waals surface area contributed by atoms with Gasteiger partial charge in [-0.3, -0.25) is 18.6 Å². The van der Waals surface area contributed by atoms with Crippen LogP contribution in [0, 0.1) is 0 Å². The fraction of sp³-hybridized carbons (Fsp3) is 0.238. The molecule has 1 atom stereocenters. The third-order valence-corrected chi connectivity index (χ3v) is 6.00. The van der Waals surface area contributed by atoms with Gasteiger partial charge in [-0.15, -0.1) is 10.2 Å². The lowest BCUT2D eigenvalue weighted by atomic mass is 10.1. The molecular weight excluding hydrogens is 408 g/mol. The summed E-state index contributed by atoms with van der Waals surface area (Å²) in [7, 11) is 0. The number of benzene rings is 2. The second kappa shape index (κ2) is 8.00. The summed E-state index contributed by atoms with van der Waals surface area (Å²) in [5, 5.41) is 9.96. The zero-order valence-electron chi connectivity index (χ0n) is 16.0. The molecule has 0 amide bonds. The van der Waals surface area contributed by atoms with Crippen molar-refractivity contribution in [3.63, 3.8) is 0 Å². The van der Waals surface area contributed by atoms with E-state index in [0.29, 0.717) is 33.5 Å². The zero-order chi connectivity index (χ0) is 20.5. The Kier molecular flexibility index (Phi) is 5.43. The van der Waals surface area contributed by atoms with Crippen LogP contribution in [0.15, 0.2) is 58.5 Å². The molecule has 1 unspecified atom stereocenters. The van der Waals surface area contributed by atoms with E-state index in [1.807, 2.05) is 36.4 Å². The fourth-order valence-electron chi connectivity index (χ4n) is 3.30. The molecule has 4 aromatic rings. The van der Waals surface area contributed by atoms with E-state index in [2.05, 4.69) is 10.2 Å². The standard InChI is InChI=1S/C21H19ClN4O2S/c1-3-12-25-19(28)16-6-4-5-7-17(16)26-20(25)23-24-21(26)29-13(2)18(27)14-8-10-15(22)11-9-14/h4-11,13H,3,12H2,1-2H3. The van der Waals surface area contributed by atoms with Crippen molar-refractivity contribution in [1.29, 1.82) is 0 Å². The number of hydrogen-bond donors (Lipinski definition) is 0. The minimum absolute atomic E-state index is 0.0189. The zero-order valence-corrected chi connectivity index (χ0v) is 17.6. The maximum atomic E-state index is 12.9. The Morgan fingerprint density at radius 1 is 1.14 bits per heavy atom. The van der Waals surface area contributed by atoms with Gasteiger partial charge in [-0.2, -0.15) is 0 Å². The molecule has 2 aromatic heterocycles. The van der Waals surface area contributed by atoms with E-state index in [1.54, 1.807) is 34.9 Å². The second-order valence-electron chi connectivity index (χ2n) is 6.72. The molecule has 0 fully saturated rings. The number of aryl methyl sites for hydroxylation is 1. The summed E-state index contributed by atoms with van der Waals surface area (Å²) in [6.07, 6.45) is 0.800. The Hall–Kier alpha value is -2.64. The van der Waals surface area contributed by atoms with Crippen LogP contribution in [0.2, 0.25) is 5.02 Å². The van der Waals surface area contributed by atoms with Crippen LogP contribution in [0.4, 0.5) is 0 Å². The van der Waals surface area contributed by atoms with Crippen LogP contribution in [0.3, 0.4) is 0 Å². The summed E-state index contributed by atoms with van der Waals surface area (Å²) in [4.78, 5) is 25.7. The van der Waals surface area contributed by atoms with Gasteiger partial charge in [-0.05, 0) is 49.7 Å². The van der Waals surface area contributed by atoms with Gasteiger partial charge in [-0.1, -0.05) is 42.4 Å². The number of halogens is 1. The Bertz CT molecular complexity index is 1260. The molecule has 0 spiro atoms. The third kappa shape index (κ3) is 3.56. The van der Waals surface area contributed by atoms with E-state index in [9.17, 15) is 9.59 Å². The van der Waals surface area contributed by atoms with Gasteiger partial charge >= 0.3 is 0 Å². The average Bonchev–Trinajstić information content (AvgIpc) is 3.14. The number of fused-ring (bicyclic) bond motifs is 3. The molecule has 0 N–H and O–H groups in total. The molecule has 0 aliphatic carbocycles. The molecule has 0 saturated carbocycles. The first-order valence-electron chi connectivity index (χ1n) is 9.34. The molecule has 8 heteroatoms. The van der Waals surface area contributed by atoms with Crippen LogP contribution in [-0.2, 0) is 6.54 Å². The number of Topliss-reactive ketones (excluding diaryl/α,β-unsaturated/α-hetero) is 1. The summed E-state index contributed by atoms with van der Waals surface area (Å²) >= 11 is 7.24. The number of nitrogens with zero attached hydrogens (tertiary/aromatic N) is 4. The Morgan fingerprint density at radius 3 is 2.59 bits per heavy atom. The predicted molar refractivity (Wildman–Crippen MR) is 116 cm³/mol. The molecule has 0 aliphatic heterocycles. The fourth-order valence-corrected chi connectivity index (χ4v) is 4.35. The van der Waals surface area contributed by atoms with E-state index < -0.39 is 0 Å². The molecule has 148 valence electrons. The first-order chi connectivity index (χ1) is 14.0. The van der Waals surface area contributed by atoms with Gasteiger partial charge < -0.3 is 0 Å². The summed E-state index contributed by atoms with van der Waals surface area (Å²) < 4.78 is 3.51. The van der Waals surface area contributed by atoms with Gasteiger partial charge in [0.15, 0.2) is 10.9 Å². The van der Waals surface area contributed by atoms with Gasteiger partial charge in [0.05, 0.1) is 16.2 Å². The van der Waals surface area contributed by atoms with Gasteiger partial charge in [0.2, 0.25) is 5.78 Å². The van der Waals surface area contributed by atoms with E-state index in [1.165, 1.54) is 11.8 Å². The van der Waals surface area contributed by atoms with Crippen molar-refractivity contribution >= 4 is 45.8 Å². The van der Waals surface area contributed by atoms with Crippen LogP contribution < -0.4 is 5.56 Å². The van der Waals surface area contributed by atoms with Crippen molar-refractivity contribution in [1.82, 2.24) is 19.2 Å². The molecule has 0 aliphatic rings. The van der Waals surface area contributed by atoms with Gasteiger partial charge in [-0.25, -0.2) is 0 Å². The maximum absolute atomic E-state index is 12.9. The lowest BCUT2D eigenvalue weighted by Crippen LogP contribution is -2.23. The smallest absolute Gasteiger partial charge is 0.262 e. The molecule has 0 radical (unpaired) electrons. The number of aromatic nitrogens is 4. The SMILES string of the molecule is CCCn1c(=O)c2ccccc2n2c(SC(C)C(=O)c3ccc(Cl)cc3)nnc12. The van der Waals surface area contributed by atoms with Crippen molar-refractivity contribution in [2.45, 2.75) is 37.2 Å². The molecule has 29 heavy (non-hydrogen) atoms. The van der Waals surface area contributed by atoms with Crippen LogP contribution in [0.25, 0.3) is 16.7 Å². The summed E-state index contributed by atoms with van der Waals surface area (Å²) in [6, 6.07) is 14.2. The number of rotatable bonds is 6. The summed E-state index contributed by atoms with van der Waals surface area (Å²) in [5.74, 6) is 0.471. The molecular formula is C21H19ClN4O2S. The quantitative estimate of drug-likeness (QED) is 0.336. The van der Waals surface area contributed by atoms with Gasteiger partial charge in [0, 0.05) is 17.1 Å². The van der Waals surface area contributed by atoms with Crippen LogP contribution in [0.5, 0.6) is 0 Å². The molecule has 0 bridgehead atoms. The number of para-hydroxylation sites is 1. The van der Waals surface area contributed by atoms with Crippen molar-refractivity contribution < 1.29 is 4.79 Å². The largest absolute Gasteiger partial charge is 0.293 e. The number of thioether (sulfide) groups is 1. The lowest BCUT2D eigenvalue weighted by molar-refractivity contribution is 0.0994. The molecule has 6 nitrogen and oxygen atoms in total. The minimum Gasteiger partial charge on any atom is -0.293 e. The third-order valence-electron chi connectivity index (χ3n) is 4.71. The number of carbonyl (C=O) groups excluding carboxylic acids is 1. The first kappa shape index (κ1) is 19.7. The average molecular weight is 427 g/mol.